The smallest absolute Gasteiger partial charge is 0.230 e. The van der Waals surface area contributed by atoms with Gasteiger partial charge in [-0.3, -0.25) is 9.63 Å². The van der Waals surface area contributed by atoms with Gasteiger partial charge in [-0.2, -0.15) is 0 Å². The number of rotatable bonds is 8. The molecular formula is C13H19NO2. The van der Waals surface area contributed by atoms with Gasteiger partial charge in [0.25, 0.3) is 0 Å². The molecule has 1 amide bonds. The normalized spacial score (nSPS) is 12.1. The highest BCUT2D eigenvalue weighted by Gasteiger charge is 2.07. The molecule has 3 heteroatoms. The summed E-state index contributed by atoms with van der Waals surface area (Å²) in [5.41, 5.74) is 3.57. The molecule has 3 nitrogen and oxygen atoms in total. The first-order chi connectivity index (χ1) is 7.86. The van der Waals surface area contributed by atoms with E-state index in [1.54, 1.807) is 0 Å². The SMILES string of the molecule is CCC(CCONC=O)Cc1ccccc1. The Bertz CT molecular complexity index is 287. The monoisotopic (exact) mass is 221 g/mol. The largest absolute Gasteiger partial charge is 0.277 e. The molecule has 1 atom stereocenters. The molecule has 16 heavy (non-hydrogen) atoms. The van der Waals surface area contributed by atoms with Crippen molar-refractivity contribution < 1.29 is 9.63 Å². The zero-order valence-corrected chi connectivity index (χ0v) is 9.69. The molecule has 0 saturated carbocycles. The van der Waals surface area contributed by atoms with Gasteiger partial charge >= 0.3 is 0 Å². The van der Waals surface area contributed by atoms with E-state index in [1.807, 2.05) is 6.07 Å². The average Bonchev–Trinajstić information content (AvgIpc) is 2.34. The summed E-state index contributed by atoms with van der Waals surface area (Å²) in [6.07, 6.45) is 3.71. The van der Waals surface area contributed by atoms with E-state index in [1.165, 1.54) is 5.56 Å². The van der Waals surface area contributed by atoms with E-state index in [9.17, 15) is 4.79 Å². The lowest BCUT2D eigenvalue weighted by Crippen LogP contribution is -2.15. The van der Waals surface area contributed by atoms with Crippen molar-refractivity contribution in [3.8, 4) is 0 Å². The second kappa shape index (κ2) is 7.88. The fourth-order valence-electron chi connectivity index (χ4n) is 1.72. The van der Waals surface area contributed by atoms with Crippen LogP contribution in [-0.4, -0.2) is 13.0 Å². The molecule has 88 valence electrons. The molecule has 1 N–H and O–H groups in total. The highest BCUT2D eigenvalue weighted by atomic mass is 16.6. The fourth-order valence-corrected chi connectivity index (χ4v) is 1.72. The van der Waals surface area contributed by atoms with Crippen molar-refractivity contribution in [3.63, 3.8) is 0 Å². The number of carbonyl (C=O) groups excluding carboxylic acids is 1. The Morgan fingerprint density at radius 1 is 1.38 bits per heavy atom. The maximum atomic E-state index is 9.97. The maximum absolute atomic E-state index is 9.97. The number of carbonyl (C=O) groups is 1. The van der Waals surface area contributed by atoms with Crippen LogP contribution in [-0.2, 0) is 16.1 Å². The minimum absolute atomic E-state index is 0.554. The number of hydroxylamine groups is 1. The third-order valence-electron chi connectivity index (χ3n) is 2.70. The summed E-state index contributed by atoms with van der Waals surface area (Å²) in [5.74, 6) is 0.607. The first kappa shape index (κ1) is 12.7. The highest BCUT2D eigenvalue weighted by molar-refractivity contribution is 5.43. The molecule has 0 saturated heterocycles. The van der Waals surface area contributed by atoms with E-state index >= 15 is 0 Å². The molecule has 1 aromatic carbocycles. The summed E-state index contributed by atoms with van der Waals surface area (Å²) in [4.78, 5) is 14.9. The van der Waals surface area contributed by atoms with Crippen LogP contribution in [0.15, 0.2) is 30.3 Å². The zero-order valence-electron chi connectivity index (χ0n) is 9.69. The predicted molar refractivity (Wildman–Crippen MR) is 63.7 cm³/mol. The topological polar surface area (TPSA) is 38.3 Å². The predicted octanol–water partition coefficient (Wildman–Crippen LogP) is 2.32. The van der Waals surface area contributed by atoms with Crippen molar-refractivity contribution in [2.75, 3.05) is 6.61 Å². The number of hydrogen-bond acceptors (Lipinski definition) is 2. The van der Waals surface area contributed by atoms with Gasteiger partial charge in [0.15, 0.2) is 0 Å². The van der Waals surface area contributed by atoms with Gasteiger partial charge in [-0.25, -0.2) is 5.48 Å². The first-order valence-electron chi connectivity index (χ1n) is 5.71. The van der Waals surface area contributed by atoms with Gasteiger partial charge in [0.1, 0.15) is 0 Å². The molecule has 0 aliphatic carbocycles. The lowest BCUT2D eigenvalue weighted by Gasteiger charge is -2.14. The highest BCUT2D eigenvalue weighted by Crippen LogP contribution is 2.15. The van der Waals surface area contributed by atoms with E-state index in [0.29, 0.717) is 18.9 Å². The van der Waals surface area contributed by atoms with Gasteiger partial charge in [0, 0.05) is 0 Å². The van der Waals surface area contributed by atoms with Crippen molar-refractivity contribution in [3.05, 3.63) is 35.9 Å². The lowest BCUT2D eigenvalue weighted by atomic mass is 9.94. The molecule has 1 aromatic rings. The van der Waals surface area contributed by atoms with Crippen LogP contribution >= 0.6 is 0 Å². The van der Waals surface area contributed by atoms with Gasteiger partial charge in [0.05, 0.1) is 6.61 Å². The molecule has 1 unspecified atom stereocenters. The third kappa shape index (κ3) is 4.94. The molecule has 0 radical (unpaired) electrons. The number of nitrogens with one attached hydrogen (secondary N) is 1. The average molecular weight is 221 g/mol. The molecule has 0 aromatic heterocycles. The summed E-state index contributed by atoms with van der Waals surface area (Å²) in [6, 6.07) is 10.4. The summed E-state index contributed by atoms with van der Waals surface area (Å²) in [7, 11) is 0. The number of hydrogen-bond donors (Lipinski definition) is 1. The van der Waals surface area contributed by atoms with Crippen molar-refractivity contribution in [2.24, 2.45) is 5.92 Å². The van der Waals surface area contributed by atoms with Crippen LogP contribution in [0.5, 0.6) is 0 Å². The van der Waals surface area contributed by atoms with E-state index < -0.39 is 0 Å². The Morgan fingerprint density at radius 2 is 2.12 bits per heavy atom. The molecule has 0 fully saturated rings. The van der Waals surface area contributed by atoms with Gasteiger partial charge in [-0.15, -0.1) is 0 Å². The summed E-state index contributed by atoms with van der Waals surface area (Å²) in [6.45, 7) is 2.75. The lowest BCUT2D eigenvalue weighted by molar-refractivity contribution is -0.120. The summed E-state index contributed by atoms with van der Waals surface area (Å²) >= 11 is 0. The fraction of sp³-hybridized carbons (Fsp3) is 0.462. The van der Waals surface area contributed by atoms with E-state index in [2.05, 4.69) is 36.7 Å². The van der Waals surface area contributed by atoms with Crippen LogP contribution in [0.4, 0.5) is 0 Å². The summed E-state index contributed by atoms with van der Waals surface area (Å²) < 4.78 is 0. The Balaban J connectivity index is 2.29. The summed E-state index contributed by atoms with van der Waals surface area (Å²) in [5, 5.41) is 0. The van der Waals surface area contributed by atoms with Crippen LogP contribution < -0.4 is 5.48 Å². The molecule has 0 aliphatic heterocycles. The number of amides is 1. The number of benzene rings is 1. The van der Waals surface area contributed by atoms with E-state index in [4.69, 9.17) is 4.84 Å². The van der Waals surface area contributed by atoms with Gasteiger partial charge in [-0.05, 0) is 24.3 Å². The molecule has 1 rings (SSSR count). The Labute approximate surface area is 96.8 Å². The first-order valence-corrected chi connectivity index (χ1v) is 5.71. The third-order valence-corrected chi connectivity index (χ3v) is 2.70. The Kier molecular flexibility index (Phi) is 6.26. The molecule has 0 aliphatic rings. The van der Waals surface area contributed by atoms with Crippen LogP contribution in [0.3, 0.4) is 0 Å². The van der Waals surface area contributed by atoms with Crippen molar-refractivity contribution in [1.82, 2.24) is 5.48 Å². The maximum Gasteiger partial charge on any atom is 0.230 e. The molecule has 0 spiro atoms. The Hall–Kier alpha value is -1.35. The standard InChI is InChI=1S/C13H19NO2/c1-2-12(8-9-16-14-11-15)10-13-6-4-3-5-7-13/h3-7,11-12H,2,8-10H2,1H3,(H,14,15). The van der Waals surface area contributed by atoms with Crippen LogP contribution in [0.25, 0.3) is 0 Å². The van der Waals surface area contributed by atoms with Crippen molar-refractivity contribution >= 4 is 6.41 Å². The molecule has 0 bridgehead atoms. The van der Waals surface area contributed by atoms with Crippen LogP contribution in [0.2, 0.25) is 0 Å². The van der Waals surface area contributed by atoms with Crippen LogP contribution in [0.1, 0.15) is 25.3 Å². The quantitative estimate of drug-likeness (QED) is 0.415. The second-order valence-corrected chi connectivity index (χ2v) is 3.84. The van der Waals surface area contributed by atoms with E-state index in [-0.39, 0.29) is 0 Å². The van der Waals surface area contributed by atoms with Crippen molar-refractivity contribution in [1.29, 1.82) is 0 Å². The van der Waals surface area contributed by atoms with Gasteiger partial charge in [-0.1, -0.05) is 43.7 Å². The molecule has 0 heterocycles. The van der Waals surface area contributed by atoms with Gasteiger partial charge < -0.3 is 0 Å². The van der Waals surface area contributed by atoms with Crippen LogP contribution in [0, 0.1) is 5.92 Å². The molecular weight excluding hydrogens is 202 g/mol. The van der Waals surface area contributed by atoms with Crippen molar-refractivity contribution in [2.45, 2.75) is 26.2 Å². The second-order valence-electron chi connectivity index (χ2n) is 3.84. The van der Waals surface area contributed by atoms with E-state index in [0.717, 1.165) is 19.3 Å². The minimum Gasteiger partial charge on any atom is -0.277 e. The minimum atomic E-state index is 0.554. The van der Waals surface area contributed by atoms with Gasteiger partial charge in [0.2, 0.25) is 6.41 Å². The zero-order chi connectivity index (χ0) is 11.6. The Morgan fingerprint density at radius 3 is 2.75 bits per heavy atom.